The van der Waals surface area contributed by atoms with Crippen molar-refractivity contribution in [2.45, 2.75) is 39.7 Å². The van der Waals surface area contributed by atoms with Crippen molar-refractivity contribution in [3.05, 3.63) is 24.3 Å². The quantitative estimate of drug-likeness (QED) is 0.768. The molecule has 0 atom stereocenters. The predicted octanol–water partition coefficient (Wildman–Crippen LogP) is 3.69. The van der Waals surface area contributed by atoms with Crippen molar-refractivity contribution >= 4 is 5.69 Å². The molecule has 0 heterocycles. The summed E-state index contributed by atoms with van der Waals surface area (Å²) in [5, 5.41) is 3.49. The molecule has 0 bridgehead atoms. The number of ether oxygens (including phenoxy) is 1. The highest BCUT2D eigenvalue weighted by Crippen LogP contribution is 2.17. The van der Waals surface area contributed by atoms with E-state index in [-0.39, 0.29) is 0 Å². The van der Waals surface area contributed by atoms with Crippen LogP contribution in [-0.2, 0) is 0 Å². The largest absolute Gasteiger partial charge is 0.494 e. The molecule has 0 aromatic heterocycles. The number of nitrogens with one attached hydrogen (secondary N) is 1. The summed E-state index contributed by atoms with van der Waals surface area (Å²) < 4.78 is 5.39. The van der Waals surface area contributed by atoms with Gasteiger partial charge in [-0.2, -0.15) is 0 Å². The van der Waals surface area contributed by atoms with Crippen LogP contribution in [0.4, 0.5) is 5.69 Å². The zero-order valence-corrected chi connectivity index (χ0v) is 9.92. The average molecular weight is 207 g/mol. The molecule has 1 aromatic carbocycles. The Kier molecular flexibility index (Phi) is 5.02. The second kappa shape index (κ2) is 6.33. The predicted molar refractivity (Wildman–Crippen MR) is 65.6 cm³/mol. The van der Waals surface area contributed by atoms with Crippen LogP contribution in [0.3, 0.4) is 0 Å². The van der Waals surface area contributed by atoms with E-state index in [1.165, 1.54) is 5.69 Å². The molecule has 1 N–H and O–H groups in total. The van der Waals surface area contributed by atoms with Gasteiger partial charge in [-0.1, -0.05) is 13.8 Å². The topological polar surface area (TPSA) is 21.3 Å². The third kappa shape index (κ3) is 3.82. The van der Waals surface area contributed by atoms with E-state index in [1.54, 1.807) is 0 Å². The highest BCUT2D eigenvalue weighted by Gasteiger charge is 2.02. The number of hydrogen-bond acceptors (Lipinski definition) is 2. The summed E-state index contributed by atoms with van der Waals surface area (Å²) in [5.41, 5.74) is 1.17. The van der Waals surface area contributed by atoms with Gasteiger partial charge in [0.15, 0.2) is 0 Å². The van der Waals surface area contributed by atoms with Gasteiger partial charge in [-0.15, -0.1) is 0 Å². The smallest absolute Gasteiger partial charge is 0.119 e. The Labute approximate surface area is 92.6 Å². The van der Waals surface area contributed by atoms with E-state index in [4.69, 9.17) is 4.74 Å². The Morgan fingerprint density at radius 1 is 1.07 bits per heavy atom. The summed E-state index contributed by atoms with van der Waals surface area (Å²) in [4.78, 5) is 0. The summed E-state index contributed by atoms with van der Waals surface area (Å²) in [6, 6.07) is 8.73. The maximum Gasteiger partial charge on any atom is 0.119 e. The maximum absolute atomic E-state index is 5.39. The maximum atomic E-state index is 5.39. The molecular formula is C13H21NO. The summed E-state index contributed by atoms with van der Waals surface area (Å²) in [6.07, 6.45) is 2.31. The van der Waals surface area contributed by atoms with Gasteiger partial charge in [-0.3, -0.25) is 0 Å². The highest BCUT2D eigenvalue weighted by atomic mass is 16.5. The van der Waals surface area contributed by atoms with Gasteiger partial charge in [0.1, 0.15) is 5.75 Å². The van der Waals surface area contributed by atoms with Crippen molar-refractivity contribution in [2.24, 2.45) is 0 Å². The van der Waals surface area contributed by atoms with E-state index in [0.29, 0.717) is 6.04 Å². The second-order valence-corrected chi connectivity index (χ2v) is 3.62. The van der Waals surface area contributed by atoms with Crippen LogP contribution in [0, 0.1) is 0 Å². The standard InChI is InChI=1S/C13H21NO/c1-4-11(5-2)14-12-7-9-13(10-8-12)15-6-3/h7-11,14H,4-6H2,1-3H3. The molecule has 0 fully saturated rings. The van der Waals surface area contributed by atoms with Gasteiger partial charge in [0.05, 0.1) is 6.61 Å². The first-order valence-electron chi connectivity index (χ1n) is 5.79. The number of benzene rings is 1. The lowest BCUT2D eigenvalue weighted by Gasteiger charge is -2.16. The van der Waals surface area contributed by atoms with Crippen LogP contribution in [0.1, 0.15) is 33.6 Å². The van der Waals surface area contributed by atoms with Crippen molar-refractivity contribution in [1.82, 2.24) is 0 Å². The van der Waals surface area contributed by atoms with Crippen molar-refractivity contribution in [3.63, 3.8) is 0 Å². The third-order valence-corrected chi connectivity index (χ3v) is 2.52. The van der Waals surface area contributed by atoms with Crippen molar-refractivity contribution in [1.29, 1.82) is 0 Å². The Morgan fingerprint density at radius 2 is 1.67 bits per heavy atom. The van der Waals surface area contributed by atoms with Crippen molar-refractivity contribution < 1.29 is 4.74 Å². The van der Waals surface area contributed by atoms with Crippen LogP contribution in [0.2, 0.25) is 0 Å². The molecule has 0 aliphatic carbocycles. The number of anilines is 1. The molecular weight excluding hydrogens is 186 g/mol. The monoisotopic (exact) mass is 207 g/mol. The lowest BCUT2D eigenvalue weighted by Crippen LogP contribution is -2.16. The minimum Gasteiger partial charge on any atom is -0.494 e. The van der Waals surface area contributed by atoms with Gasteiger partial charge in [0.25, 0.3) is 0 Å². The van der Waals surface area contributed by atoms with Gasteiger partial charge in [0, 0.05) is 11.7 Å². The first kappa shape index (κ1) is 11.9. The highest BCUT2D eigenvalue weighted by molar-refractivity contribution is 5.47. The lowest BCUT2D eigenvalue weighted by atomic mass is 10.1. The molecule has 0 aliphatic rings. The number of hydrogen-bond donors (Lipinski definition) is 1. The molecule has 84 valence electrons. The van der Waals surface area contributed by atoms with Crippen LogP contribution >= 0.6 is 0 Å². The molecule has 0 amide bonds. The second-order valence-electron chi connectivity index (χ2n) is 3.62. The van der Waals surface area contributed by atoms with Crippen LogP contribution in [0.5, 0.6) is 5.75 Å². The fraction of sp³-hybridized carbons (Fsp3) is 0.538. The molecule has 2 heteroatoms. The lowest BCUT2D eigenvalue weighted by molar-refractivity contribution is 0.340. The van der Waals surface area contributed by atoms with Gasteiger partial charge in [-0.05, 0) is 44.0 Å². The molecule has 15 heavy (non-hydrogen) atoms. The average Bonchev–Trinajstić information content (AvgIpc) is 2.28. The molecule has 0 saturated carbocycles. The van der Waals surface area contributed by atoms with E-state index in [1.807, 2.05) is 19.1 Å². The molecule has 0 aliphatic heterocycles. The van der Waals surface area contributed by atoms with Gasteiger partial charge < -0.3 is 10.1 Å². The summed E-state index contributed by atoms with van der Waals surface area (Å²) in [5.74, 6) is 0.938. The zero-order valence-electron chi connectivity index (χ0n) is 9.92. The SMILES string of the molecule is CCOc1ccc(NC(CC)CC)cc1. The molecule has 0 saturated heterocycles. The zero-order chi connectivity index (χ0) is 11.1. The Morgan fingerprint density at radius 3 is 2.13 bits per heavy atom. The summed E-state index contributed by atoms with van der Waals surface area (Å²) >= 11 is 0. The number of rotatable bonds is 6. The van der Waals surface area contributed by atoms with Crippen LogP contribution in [0.25, 0.3) is 0 Å². The van der Waals surface area contributed by atoms with Crippen molar-refractivity contribution in [2.75, 3.05) is 11.9 Å². The minimum atomic E-state index is 0.572. The van der Waals surface area contributed by atoms with E-state index < -0.39 is 0 Å². The Balaban J connectivity index is 2.55. The third-order valence-electron chi connectivity index (χ3n) is 2.52. The summed E-state index contributed by atoms with van der Waals surface area (Å²) in [7, 11) is 0. The fourth-order valence-corrected chi connectivity index (χ4v) is 1.54. The first-order chi connectivity index (χ1) is 7.30. The van der Waals surface area contributed by atoms with Gasteiger partial charge in [-0.25, -0.2) is 0 Å². The Bertz CT molecular complexity index is 264. The first-order valence-corrected chi connectivity index (χ1v) is 5.79. The molecule has 0 spiro atoms. The molecule has 1 aromatic rings. The van der Waals surface area contributed by atoms with Gasteiger partial charge >= 0.3 is 0 Å². The van der Waals surface area contributed by atoms with Crippen LogP contribution < -0.4 is 10.1 Å². The summed E-state index contributed by atoms with van der Waals surface area (Å²) in [6.45, 7) is 7.13. The van der Waals surface area contributed by atoms with Crippen LogP contribution in [0.15, 0.2) is 24.3 Å². The van der Waals surface area contributed by atoms with E-state index in [2.05, 4.69) is 31.3 Å². The van der Waals surface area contributed by atoms with Crippen LogP contribution in [-0.4, -0.2) is 12.6 Å². The van der Waals surface area contributed by atoms with E-state index in [0.717, 1.165) is 25.2 Å². The molecule has 2 nitrogen and oxygen atoms in total. The minimum absolute atomic E-state index is 0.572. The fourth-order valence-electron chi connectivity index (χ4n) is 1.54. The molecule has 1 rings (SSSR count). The van der Waals surface area contributed by atoms with E-state index in [9.17, 15) is 0 Å². The normalized spacial score (nSPS) is 10.4. The molecule has 0 unspecified atom stereocenters. The van der Waals surface area contributed by atoms with Gasteiger partial charge in [0.2, 0.25) is 0 Å². The van der Waals surface area contributed by atoms with E-state index >= 15 is 0 Å². The Hall–Kier alpha value is -1.18. The van der Waals surface area contributed by atoms with Crippen molar-refractivity contribution in [3.8, 4) is 5.75 Å². The molecule has 0 radical (unpaired) electrons.